The number of rotatable bonds is 23. The first-order valence-electron chi connectivity index (χ1n) is 15.7. The number of nitrogens with two attached hydrogens (primary N) is 5. The first-order chi connectivity index (χ1) is 23.0. The summed E-state index contributed by atoms with van der Waals surface area (Å²) >= 11 is 0. The van der Waals surface area contributed by atoms with Gasteiger partial charge >= 0.3 is 15.6 Å². The van der Waals surface area contributed by atoms with Gasteiger partial charge in [-0.2, -0.15) is 0 Å². The standard InChI is InChI=1S/C15H29N4O5P.C14H26N3O6P/c1-13-4-5-14(9-15(13)20)3-2-7-23-25(21,22)24-8-6-19(10-16,11-17)12-18;1-17(10-15,11-16)6-8-23-24(20,21)22-7-2-3-12-4-5-13(18)14(19)9-12/h4-5,9H,2-3,6-8,10-12,16-18H2,1H3,(H-,20,21,22);4-5,9H,2-3,6-8,10-11,15-16H2,1H3,(H2-,18,19,20,21)/p+2. The predicted octanol–water partition coefficient (Wildman–Crippen LogP) is 0.775. The fraction of sp³-hybridized carbons (Fsp3) is 0.586. The average Bonchev–Trinajstić information content (AvgIpc) is 3.07. The van der Waals surface area contributed by atoms with Gasteiger partial charge in [-0.25, -0.2) is 9.13 Å². The molecule has 0 amide bonds. The van der Waals surface area contributed by atoms with Gasteiger partial charge in [0.25, 0.3) is 0 Å². The SMILES string of the molecule is C[N+](CN)(CN)CCOP(=O)(O)OCCCc1ccc(O)c(O)c1.Cc1ccc(CCCOP(=O)(O)OCC[N+](CN)(CN)CN)cc1O. The summed E-state index contributed by atoms with van der Waals surface area (Å²) in [5.41, 5.74) is 30.6. The Morgan fingerprint density at radius 1 is 0.612 bits per heavy atom. The lowest BCUT2D eigenvalue weighted by molar-refractivity contribution is -0.927. The number of phenolic OH excluding ortho intramolecular Hbond substituents is 3. The number of quaternary nitrogens is 2. The first kappa shape index (κ1) is 44.8. The van der Waals surface area contributed by atoms with E-state index in [-0.39, 0.29) is 68.2 Å². The van der Waals surface area contributed by atoms with Crippen LogP contribution in [0.4, 0.5) is 0 Å². The zero-order chi connectivity index (χ0) is 37.1. The molecule has 0 aliphatic rings. The van der Waals surface area contributed by atoms with Crippen LogP contribution in [0.25, 0.3) is 0 Å². The molecular formula is C29H57N7O11P2+2. The minimum atomic E-state index is -4.13. The third kappa shape index (κ3) is 17.5. The van der Waals surface area contributed by atoms with Gasteiger partial charge in [-0.15, -0.1) is 0 Å². The van der Waals surface area contributed by atoms with E-state index in [1.165, 1.54) is 12.1 Å². The molecule has 49 heavy (non-hydrogen) atoms. The van der Waals surface area contributed by atoms with Crippen molar-refractivity contribution in [2.45, 2.75) is 32.6 Å². The van der Waals surface area contributed by atoms with Gasteiger partial charge in [0.15, 0.2) is 11.5 Å². The number of hydrogen-bond donors (Lipinski definition) is 10. The number of aryl methyl sites for hydroxylation is 3. The van der Waals surface area contributed by atoms with Crippen molar-refractivity contribution in [1.82, 2.24) is 0 Å². The molecule has 0 fully saturated rings. The van der Waals surface area contributed by atoms with Gasteiger partial charge in [0.05, 0.1) is 20.3 Å². The fourth-order valence-corrected chi connectivity index (χ4v) is 5.50. The van der Waals surface area contributed by atoms with Gasteiger partial charge in [0, 0.05) is 0 Å². The minimum Gasteiger partial charge on any atom is -0.508 e. The number of benzene rings is 2. The van der Waals surface area contributed by atoms with E-state index in [2.05, 4.69) is 0 Å². The summed E-state index contributed by atoms with van der Waals surface area (Å²) in [5.74, 6) is -0.162. The molecule has 0 saturated carbocycles. The van der Waals surface area contributed by atoms with E-state index < -0.39 is 15.6 Å². The maximum atomic E-state index is 11.8. The van der Waals surface area contributed by atoms with Gasteiger partial charge < -0.3 is 25.1 Å². The van der Waals surface area contributed by atoms with Crippen molar-refractivity contribution in [3.05, 3.63) is 53.1 Å². The molecule has 0 aliphatic heterocycles. The fourth-order valence-electron chi connectivity index (χ4n) is 4.00. The summed E-state index contributed by atoms with van der Waals surface area (Å²) in [6, 6.07) is 9.87. The highest BCUT2D eigenvalue weighted by Gasteiger charge is 2.27. The molecule has 2 aromatic carbocycles. The number of phosphoric ester groups is 2. The molecule has 15 N–H and O–H groups in total. The molecular weight excluding hydrogens is 684 g/mol. The Morgan fingerprint density at radius 2 is 1.04 bits per heavy atom. The van der Waals surface area contributed by atoms with Crippen molar-refractivity contribution in [3.63, 3.8) is 0 Å². The van der Waals surface area contributed by atoms with Gasteiger partial charge in [-0.1, -0.05) is 18.2 Å². The number of nitrogens with zero attached hydrogens (tertiary/aromatic N) is 2. The van der Waals surface area contributed by atoms with Crippen LogP contribution in [0.1, 0.15) is 29.5 Å². The van der Waals surface area contributed by atoms with Crippen LogP contribution in [-0.2, 0) is 40.1 Å². The van der Waals surface area contributed by atoms with Gasteiger partial charge in [-0.3, -0.25) is 55.7 Å². The van der Waals surface area contributed by atoms with Crippen LogP contribution in [0, 0.1) is 6.92 Å². The van der Waals surface area contributed by atoms with Crippen molar-refractivity contribution in [1.29, 1.82) is 0 Å². The third-order valence-electron chi connectivity index (χ3n) is 7.79. The summed E-state index contributed by atoms with van der Waals surface area (Å²) in [6.45, 7) is 3.84. The summed E-state index contributed by atoms with van der Waals surface area (Å²) in [4.78, 5) is 19.3. The molecule has 0 spiro atoms. The molecule has 20 heteroatoms. The van der Waals surface area contributed by atoms with Crippen molar-refractivity contribution in [2.24, 2.45) is 28.7 Å². The van der Waals surface area contributed by atoms with Crippen LogP contribution < -0.4 is 28.7 Å². The lowest BCUT2D eigenvalue weighted by Gasteiger charge is -2.34. The maximum absolute atomic E-state index is 11.8. The zero-order valence-corrected chi connectivity index (χ0v) is 30.2. The van der Waals surface area contributed by atoms with Crippen molar-refractivity contribution < 1.29 is 61.3 Å². The molecule has 0 heterocycles. The largest absolute Gasteiger partial charge is 0.508 e. The number of hydrogen-bond acceptors (Lipinski definition) is 14. The lowest BCUT2D eigenvalue weighted by atomic mass is 10.1. The molecule has 0 bridgehead atoms. The van der Waals surface area contributed by atoms with E-state index in [4.69, 9.17) is 46.8 Å². The molecule has 0 aromatic heterocycles. The van der Waals surface area contributed by atoms with Gasteiger partial charge in [0.1, 0.15) is 65.4 Å². The van der Waals surface area contributed by atoms with E-state index in [0.717, 1.165) is 16.7 Å². The maximum Gasteiger partial charge on any atom is 0.472 e. The van der Waals surface area contributed by atoms with E-state index in [9.17, 15) is 34.2 Å². The second-order valence-electron chi connectivity index (χ2n) is 11.7. The second kappa shape index (κ2) is 21.9. The molecule has 2 atom stereocenters. The minimum absolute atomic E-state index is 0.00448. The number of phosphoric acid groups is 2. The number of phenols is 3. The highest BCUT2D eigenvalue weighted by atomic mass is 31.2. The molecule has 0 saturated heterocycles. The van der Waals surface area contributed by atoms with Gasteiger partial charge in [-0.05, 0) is 67.5 Å². The van der Waals surface area contributed by atoms with E-state index >= 15 is 0 Å². The van der Waals surface area contributed by atoms with E-state index in [1.54, 1.807) is 12.1 Å². The predicted molar refractivity (Wildman–Crippen MR) is 184 cm³/mol. The number of likely N-dealkylation sites (N-methyl/N-ethyl adjacent to an activating group) is 1. The Morgan fingerprint density at radius 3 is 1.47 bits per heavy atom. The van der Waals surface area contributed by atoms with Crippen LogP contribution in [-0.4, -0.2) is 114 Å². The first-order valence-corrected chi connectivity index (χ1v) is 18.7. The van der Waals surface area contributed by atoms with Gasteiger partial charge in [0.2, 0.25) is 0 Å². The Labute approximate surface area is 288 Å². The van der Waals surface area contributed by atoms with Crippen molar-refractivity contribution in [3.8, 4) is 17.2 Å². The molecule has 2 aromatic rings. The molecule has 18 nitrogen and oxygen atoms in total. The Hall–Kier alpha value is -2.22. The normalized spacial score (nSPS) is 14.5. The molecule has 0 radical (unpaired) electrons. The monoisotopic (exact) mass is 741 g/mol. The van der Waals surface area contributed by atoms with Crippen LogP contribution in [0.5, 0.6) is 17.2 Å². The van der Waals surface area contributed by atoms with Crippen LogP contribution in [0.3, 0.4) is 0 Å². The quantitative estimate of drug-likeness (QED) is 0.0247. The highest BCUT2D eigenvalue weighted by Crippen LogP contribution is 2.44. The Balaban J connectivity index is 0.000000490. The summed E-state index contributed by atoms with van der Waals surface area (Å²) < 4.78 is 43.8. The summed E-state index contributed by atoms with van der Waals surface area (Å²) in [5, 5.41) is 28.2. The highest BCUT2D eigenvalue weighted by molar-refractivity contribution is 7.47. The van der Waals surface area contributed by atoms with E-state index in [1.807, 2.05) is 26.1 Å². The van der Waals surface area contributed by atoms with Crippen LogP contribution in [0.2, 0.25) is 0 Å². The molecule has 2 rings (SSSR count). The Kier molecular flexibility index (Phi) is 20.0. The van der Waals surface area contributed by atoms with Crippen LogP contribution >= 0.6 is 15.6 Å². The topological polar surface area (TPSA) is 302 Å². The zero-order valence-electron chi connectivity index (χ0n) is 28.4. The third-order valence-corrected chi connectivity index (χ3v) is 9.83. The summed E-state index contributed by atoms with van der Waals surface area (Å²) in [7, 11) is -6.43. The Bertz CT molecular complexity index is 1340. The summed E-state index contributed by atoms with van der Waals surface area (Å²) in [6.07, 6.45) is 2.10. The van der Waals surface area contributed by atoms with Crippen LogP contribution in [0.15, 0.2) is 36.4 Å². The average molecular weight is 742 g/mol. The smallest absolute Gasteiger partial charge is 0.472 e. The second-order valence-corrected chi connectivity index (χ2v) is 14.6. The van der Waals surface area contributed by atoms with E-state index in [0.29, 0.717) is 56.6 Å². The van der Waals surface area contributed by atoms with Crippen molar-refractivity contribution >= 4 is 15.6 Å². The number of aromatic hydroxyl groups is 3. The van der Waals surface area contributed by atoms with Crippen molar-refractivity contribution in [2.75, 3.05) is 79.9 Å². The molecule has 0 aliphatic carbocycles. The lowest BCUT2D eigenvalue weighted by Crippen LogP contribution is -2.59. The molecule has 2 unspecified atom stereocenters. The molecule has 282 valence electrons.